The number of nitrogens with zero attached hydrogens (tertiary/aromatic N) is 2. The number of ether oxygens (including phenoxy) is 3. The van der Waals surface area contributed by atoms with Crippen LogP contribution in [0, 0.1) is 11.3 Å². The van der Waals surface area contributed by atoms with Gasteiger partial charge in [-0.1, -0.05) is 53.7 Å². The number of benzene rings is 1. The summed E-state index contributed by atoms with van der Waals surface area (Å²) in [5, 5.41) is 14.5. The molecule has 2 saturated heterocycles. The first-order chi connectivity index (χ1) is 19.8. The third-order valence-electron chi connectivity index (χ3n) is 8.62. The predicted molar refractivity (Wildman–Crippen MR) is 161 cm³/mol. The van der Waals surface area contributed by atoms with E-state index in [1.807, 2.05) is 32.9 Å². The highest BCUT2D eigenvalue weighted by Gasteiger charge is 2.59. The van der Waals surface area contributed by atoms with Crippen molar-refractivity contribution in [1.82, 2.24) is 15.2 Å². The Kier molecular flexibility index (Phi) is 9.52. The fourth-order valence-corrected chi connectivity index (χ4v) is 6.56. The first-order valence-electron chi connectivity index (χ1n) is 14.9. The second-order valence-corrected chi connectivity index (χ2v) is 13.5. The molecule has 0 spiro atoms. The predicted octanol–water partition coefficient (Wildman–Crippen LogP) is 5.12. The molecular formula is C33H47N3O6. The van der Waals surface area contributed by atoms with Crippen LogP contribution in [0.15, 0.2) is 36.5 Å². The molecule has 1 aromatic heterocycles. The van der Waals surface area contributed by atoms with Gasteiger partial charge in [0.15, 0.2) is 0 Å². The molecule has 0 bridgehead atoms. The summed E-state index contributed by atoms with van der Waals surface area (Å²) in [5.41, 5.74) is 2.25. The number of carbonyl (C=O) groups is 2. The summed E-state index contributed by atoms with van der Waals surface area (Å²) in [7, 11) is 3.19. The topological polar surface area (TPSA) is 110 Å². The Morgan fingerprint density at radius 1 is 1.10 bits per heavy atom. The molecule has 42 heavy (non-hydrogen) atoms. The van der Waals surface area contributed by atoms with Gasteiger partial charge in [-0.15, -0.1) is 0 Å². The number of likely N-dealkylation sites (tertiary alicyclic amines) is 1. The Bertz CT molecular complexity index is 1260. The van der Waals surface area contributed by atoms with Crippen LogP contribution in [-0.4, -0.2) is 65.9 Å². The molecule has 9 nitrogen and oxygen atoms in total. The van der Waals surface area contributed by atoms with Crippen molar-refractivity contribution in [3.8, 4) is 11.6 Å². The number of amides is 1. The van der Waals surface area contributed by atoms with Crippen molar-refractivity contribution in [2.45, 2.75) is 97.0 Å². The van der Waals surface area contributed by atoms with Crippen LogP contribution in [0.2, 0.25) is 0 Å². The van der Waals surface area contributed by atoms with Gasteiger partial charge >= 0.3 is 5.97 Å². The van der Waals surface area contributed by atoms with Gasteiger partial charge in [0.25, 0.3) is 5.91 Å². The van der Waals surface area contributed by atoms with E-state index in [0.29, 0.717) is 31.0 Å². The maximum Gasteiger partial charge on any atom is 0.326 e. The molecule has 0 radical (unpaired) electrons. The van der Waals surface area contributed by atoms with Gasteiger partial charge in [0, 0.05) is 42.4 Å². The van der Waals surface area contributed by atoms with Gasteiger partial charge in [0.2, 0.25) is 5.88 Å². The molecule has 230 valence electrons. The molecule has 2 aliphatic rings. The highest BCUT2D eigenvalue weighted by Crippen LogP contribution is 2.50. The fourth-order valence-electron chi connectivity index (χ4n) is 6.56. The van der Waals surface area contributed by atoms with E-state index in [0.717, 1.165) is 24.2 Å². The van der Waals surface area contributed by atoms with Crippen LogP contribution >= 0.6 is 0 Å². The van der Waals surface area contributed by atoms with Gasteiger partial charge < -0.3 is 29.5 Å². The van der Waals surface area contributed by atoms with Crippen molar-refractivity contribution in [3.63, 3.8) is 0 Å². The van der Waals surface area contributed by atoms with Gasteiger partial charge in [-0.3, -0.25) is 4.79 Å². The number of methoxy groups -OCH3 is 2. The largest absolute Gasteiger partial charge is 0.496 e. The zero-order valence-corrected chi connectivity index (χ0v) is 26.3. The van der Waals surface area contributed by atoms with Crippen molar-refractivity contribution in [1.29, 1.82) is 0 Å². The smallest absolute Gasteiger partial charge is 0.326 e. The number of carboxylic acid groups (broad SMARTS) is 1. The van der Waals surface area contributed by atoms with Gasteiger partial charge in [-0.25, -0.2) is 9.78 Å². The molecule has 0 saturated carbocycles. The molecule has 5 atom stereocenters. The molecule has 3 heterocycles. The fraction of sp³-hybridized carbons (Fsp3) is 0.606. The van der Waals surface area contributed by atoms with E-state index in [1.165, 1.54) is 5.56 Å². The Hall–Kier alpha value is -3.17. The number of hydrogen-bond acceptors (Lipinski definition) is 7. The van der Waals surface area contributed by atoms with Gasteiger partial charge in [-0.05, 0) is 53.9 Å². The second-order valence-electron chi connectivity index (χ2n) is 13.5. The quantitative estimate of drug-likeness (QED) is 0.442. The van der Waals surface area contributed by atoms with Crippen LogP contribution in [0.1, 0.15) is 83.5 Å². The molecule has 2 fully saturated rings. The van der Waals surface area contributed by atoms with Gasteiger partial charge in [-0.2, -0.15) is 0 Å². The van der Waals surface area contributed by atoms with E-state index in [2.05, 4.69) is 43.2 Å². The summed E-state index contributed by atoms with van der Waals surface area (Å²) < 4.78 is 17.3. The summed E-state index contributed by atoms with van der Waals surface area (Å²) in [6.07, 6.45) is 3.25. The van der Waals surface area contributed by atoms with Crippen molar-refractivity contribution in [2.24, 2.45) is 11.3 Å². The van der Waals surface area contributed by atoms with Gasteiger partial charge in [0.05, 0.1) is 20.3 Å². The Morgan fingerprint density at radius 2 is 1.83 bits per heavy atom. The lowest BCUT2D eigenvalue weighted by molar-refractivity contribution is -0.159. The average Bonchev–Trinajstić information content (AvgIpc) is 3.31. The van der Waals surface area contributed by atoms with Crippen LogP contribution in [0.3, 0.4) is 0 Å². The van der Waals surface area contributed by atoms with Gasteiger partial charge in [0.1, 0.15) is 17.9 Å². The molecule has 2 aromatic rings. The Morgan fingerprint density at radius 3 is 2.40 bits per heavy atom. The maximum atomic E-state index is 14.3. The molecule has 9 heteroatoms. The third kappa shape index (κ3) is 6.42. The van der Waals surface area contributed by atoms with Crippen LogP contribution in [-0.2, 0) is 26.3 Å². The minimum atomic E-state index is -1.08. The normalized spacial score (nSPS) is 24.9. The standard InChI is InChI=1S/C33H47N3O6/c1-32(2,3)21-14-15-23(40-7)20(18-21)19-35-26-25(33(4,5)6)28(31(38)39)36(30(37)24-13-9-10-17-42-24)27(26)22-12-11-16-34-29(22)41-8/h11-12,14-16,18,24-28,35H,9-10,13,17,19H2,1-8H3,(H,38,39)/t24-,25-,26-,27-,28-/m0/s1. The first kappa shape index (κ1) is 31.8. The van der Waals surface area contributed by atoms with Crippen LogP contribution in [0.25, 0.3) is 0 Å². The van der Waals surface area contributed by atoms with E-state index >= 15 is 0 Å². The summed E-state index contributed by atoms with van der Waals surface area (Å²) >= 11 is 0. The lowest BCUT2D eigenvalue weighted by Gasteiger charge is -2.36. The Balaban J connectivity index is 1.86. The molecule has 2 N–H and O–H groups in total. The van der Waals surface area contributed by atoms with E-state index < -0.39 is 41.5 Å². The number of nitrogens with one attached hydrogen (secondary N) is 1. The monoisotopic (exact) mass is 581 g/mol. The number of aromatic nitrogens is 1. The highest BCUT2D eigenvalue weighted by molar-refractivity contribution is 5.88. The van der Waals surface area contributed by atoms with E-state index in [9.17, 15) is 14.7 Å². The molecule has 2 aliphatic heterocycles. The van der Waals surface area contributed by atoms with E-state index in [-0.39, 0.29) is 11.3 Å². The lowest BCUT2D eigenvalue weighted by atomic mass is 9.72. The maximum absolute atomic E-state index is 14.3. The van der Waals surface area contributed by atoms with Crippen LogP contribution < -0.4 is 14.8 Å². The summed E-state index contributed by atoms with van der Waals surface area (Å²) in [5.74, 6) is -0.682. The molecule has 4 rings (SSSR count). The number of pyridine rings is 1. The first-order valence-corrected chi connectivity index (χ1v) is 14.9. The minimum absolute atomic E-state index is 0.0639. The number of carbonyl (C=O) groups excluding carboxylic acids is 1. The SMILES string of the molecule is COc1ccc(C(C)(C)C)cc1CN[C@H]1[C@H](C(C)(C)C)[C@@H](C(=O)O)N(C(=O)[C@@H]2CCCCO2)[C@H]1c1cccnc1OC. The lowest BCUT2D eigenvalue weighted by Crippen LogP contribution is -2.51. The average molecular weight is 582 g/mol. The minimum Gasteiger partial charge on any atom is -0.496 e. The molecule has 1 aromatic carbocycles. The van der Waals surface area contributed by atoms with E-state index in [4.69, 9.17) is 14.2 Å². The summed E-state index contributed by atoms with van der Waals surface area (Å²) in [6.45, 7) is 13.5. The van der Waals surface area contributed by atoms with Crippen molar-refractivity contribution >= 4 is 11.9 Å². The van der Waals surface area contributed by atoms with Crippen LogP contribution in [0.4, 0.5) is 0 Å². The number of hydrogen-bond donors (Lipinski definition) is 2. The molecule has 0 aliphatic carbocycles. The molecule has 1 amide bonds. The second kappa shape index (κ2) is 12.6. The third-order valence-corrected chi connectivity index (χ3v) is 8.62. The Labute approximate surface area is 249 Å². The van der Waals surface area contributed by atoms with Crippen molar-refractivity contribution in [3.05, 3.63) is 53.2 Å². The van der Waals surface area contributed by atoms with Crippen molar-refractivity contribution < 1.29 is 28.9 Å². The van der Waals surface area contributed by atoms with Crippen LogP contribution in [0.5, 0.6) is 11.6 Å². The molecule has 0 unspecified atom stereocenters. The zero-order valence-electron chi connectivity index (χ0n) is 26.3. The van der Waals surface area contributed by atoms with E-state index in [1.54, 1.807) is 31.4 Å². The summed E-state index contributed by atoms with van der Waals surface area (Å²) in [4.78, 5) is 33.4. The number of aliphatic carboxylic acids is 1. The molecular weight excluding hydrogens is 534 g/mol. The zero-order chi connectivity index (χ0) is 30.8. The highest BCUT2D eigenvalue weighted by atomic mass is 16.5. The summed E-state index contributed by atoms with van der Waals surface area (Å²) in [6, 6.07) is 7.67. The number of carboxylic acids is 1. The number of rotatable bonds is 8. The van der Waals surface area contributed by atoms with Crippen molar-refractivity contribution in [2.75, 3.05) is 20.8 Å².